The van der Waals surface area contributed by atoms with E-state index in [0.29, 0.717) is 6.61 Å². The Balaban J connectivity index is 1.77. The molecule has 0 bridgehead atoms. The van der Waals surface area contributed by atoms with Gasteiger partial charge in [0.15, 0.2) is 0 Å². The monoisotopic (exact) mass is 316 g/mol. The third-order valence-electron chi connectivity index (χ3n) is 4.78. The van der Waals surface area contributed by atoms with Gasteiger partial charge in [-0.05, 0) is 42.9 Å². The Morgan fingerprint density at radius 3 is 2.87 bits per heavy atom. The van der Waals surface area contributed by atoms with Crippen LogP contribution in [0.3, 0.4) is 0 Å². The maximum Gasteiger partial charge on any atom is 0.325 e. The molecule has 1 saturated carbocycles. The maximum absolute atomic E-state index is 11.6. The summed E-state index contributed by atoms with van der Waals surface area (Å²) < 4.78 is 5.02. The Hall–Kier alpha value is -1.55. The van der Waals surface area contributed by atoms with Crippen molar-refractivity contribution in [3.8, 4) is 0 Å². The lowest BCUT2D eigenvalue weighted by Crippen LogP contribution is -2.43. The highest BCUT2D eigenvalue weighted by Crippen LogP contribution is 2.40. The lowest BCUT2D eigenvalue weighted by molar-refractivity contribution is -0.140. The van der Waals surface area contributed by atoms with Gasteiger partial charge in [-0.3, -0.25) is 9.69 Å². The zero-order chi connectivity index (χ0) is 16.4. The Morgan fingerprint density at radius 2 is 2.17 bits per heavy atom. The molecule has 0 spiro atoms. The fraction of sp³-hybridized carbons (Fsp3) is 0.632. The molecule has 3 rings (SSSR count). The van der Waals surface area contributed by atoms with Crippen LogP contribution in [0.15, 0.2) is 18.2 Å². The van der Waals surface area contributed by atoms with E-state index in [9.17, 15) is 4.79 Å². The minimum absolute atomic E-state index is 0.0841. The number of nitrogens with zero attached hydrogens (tertiary/aromatic N) is 1. The Bertz CT molecular complexity index is 579. The molecule has 0 atom stereocenters. The number of hydrogen-bond donors (Lipinski definition) is 1. The average molecular weight is 316 g/mol. The van der Waals surface area contributed by atoms with Crippen molar-refractivity contribution in [2.45, 2.75) is 45.6 Å². The fourth-order valence-electron chi connectivity index (χ4n) is 3.79. The van der Waals surface area contributed by atoms with Crippen molar-refractivity contribution < 1.29 is 9.53 Å². The first kappa shape index (κ1) is 16.3. The van der Waals surface area contributed by atoms with E-state index >= 15 is 0 Å². The predicted octanol–water partition coefficient (Wildman–Crippen LogP) is 3.16. The van der Waals surface area contributed by atoms with Crippen LogP contribution in [0.5, 0.6) is 0 Å². The van der Waals surface area contributed by atoms with E-state index in [4.69, 9.17) is 4.74 Å². The van der Waals surface area contributed by atoms with E-state index in [-0.39, 0.29) is 17.9 Å². The summed E-state index contributed by atoms with van der Waals surface area (Å²) in [7, 11) is 0. The molecule has 1 aliphatic carbocycles. The quantitative estimate of drug-likeness (QED) is 0.819. The van der Waals surface area contributed by atoms with Gasteiger partial charge in [0.05, 0.1) is 6.61 Å². The van der Waals surface area contributed by atoms with E-state index in [1.165, 1.54) is 30.5 Å². The topological polar surface area (TPSA) is 41.6 Å². The first-order chi connectivity index (χ1) is 11.0. The highest BCUT2D eigenvalue weighted by molar-refractivity contribution is 5.76. The number of nitrogens with one attached hydrogen (secondary N) is 1. The molecule has 1 fully saturated rings. The molecule has 0 saturated heterocycles. The van der Waals surface area contributed by atoms with Crippen molar-refractivity contribution in [3.63, 3.8) is 0 Å². The van der Waals surface area contributed by atoms with Crippen LogP contribution in [0.25, 0.3) is 0 Å². The summed E-state index contributed by atoms with van der Waals surface area (Å²) in [5.41, 5.74) is 3.90. The molecule has 1 N–H and O–H groups in total. The predicted molar refractivity (Wildman–Crippen MR) is 92.6 cm³/mol. The molecule has 2 aliphatic rings. The smallest absolute Gasteiger partial charge is 0.325 e. The van der Waals surface area contributed by atoms with E-state index in [0.717, 1.165) is 24.7 Å². The molecule has 4 heteroatoms. The largest absolute Gasteiger partial charge is 0.465 e. The van der Waals surface area contributed by atoms with Gasteiger partial charge in [-0.1, -0.05) is 26.0 Å². The molecule has 0 unspecified atom stereocenters. The first-order valence-electron chi connectivity index (χ1n) is 8.74. The third kappa shape index (κ3) is 3.86. The molecule has 1 aromatic rings. The molecule has 1 aromatic carbocycles. The summed E-state index contributed by atoms with van der Waals surface area (Å²) in [6.07, 6.45) is 2.79. The Morgan fingerprint density at radius 1 is 1.39 bits per heavy atom. The van der Waals surface area contributed by atoms with Gasteiger partial charge < -0.3 is 10.1 Å². The summed E-state index contributed by atoms with van der Waals surface area (Å²) in [6, 6.07) is 6.39. The average Bonchev–Trinajstić information content (AvgIpc) is 3.28. The summed E-state index contributed by atoms with van der Waals surface area (Å²) in [4.78, 5) is 14.2. The SMILES string of the molecule is CCOC(=O)CNc1cccc2c1C(C)(C)CN(CC1CC1)C2. The fourth-order valence-corrected chi connectivity index (χ4v) is 3.79. The van der Waals surface area contributed by atoms with Crippen LogP contribution >= 0.6 is 0 Å². The Labute approximate surface area is 139 Å². The molecule has 126 valence electrons. The molecular formula is C19H28N2O2. The number of ether oxygens (including phenoxy) is 1. The second-order valence-electron chi connectivity index (χ2n) is 7.50. The van der Waals surface area contributed by atoms with Crippen molar-refractivity contribution in [2.75, 3.05) is 31.6 Å². The summed E-state index contributed by atoms with van der Waals surface area (Å²) >= 11 is 0. The van der Waals surface area contributed by atoms with Gasteiger partial charge in [-0.25, -0.2) is 0 Å². The zero-order valence-corrected chi connectivity index (χ0v) is 14.5. The van der Waals surface area contributed by atoms with E-state index in [1.807, 2.05) is 6.92 Å². The van der Waals surface area contributed by atoms with Gasteiger partial charge in [0, 0.05) is 30.7 Å². The van der Waals surface area contributed by atoms with Crippen LogP contribution in [-0.4, -0.2) is 37.1 Å². The van der Waals surface area contributed by atoms with Crippen molar-refractivity contribution in [2.24, 2.45) is 5.92 Å². The van der Waals surface area contributed by atoms with Crippen LogP contribution in [0.4, 0.5) is 5.69 Å². The summed E-state index contributed by atoms with van der Waals surface area (Å²) in [5, 5.41) is 3.29. The number of esters is 1. The molecule has 4 nitrogen and oxygen atoms in total. The summed E-state index contributed by atoms with van der Waals surface area (Å²) in [5.74, 6) is 0.714. The highest BCUT2D eigenvalue weighted by Gasteiger charge is 2.35. The molecule has 0 radical (unpaired) electrons. The molecule has 0 aromatic heterocycles. The van der Waals surface area contributed by atoms with Crippen molar-refractivity contribution in [3.05, 3.63) is 29.3 Å². The first-order valence-corrected chi connectivity index (χ1v) is 8.74. The summed E-state index contributed by atoms with van der Waals surface area (Å²) in [6.45, 7) is 10.4. The Kier molecular flexibility index (Phi) is 4.62. The van der Waals surface area contributed by atoms with Gasteiger partial charge in [-0.15, -0.1) is 0 Å². The number of anilines is 1. The number of rotatable bonds is 6. The van der Waals surface area contributed by atoms with Crippen LogP contribution in [0.1, 0.15) is 44.7 Å². The number of carbonyl (C=O) groups excluding carboxylic acids is 1. The zero-order valence-electron chi connectivity index (χ0n) is 14.5. The number of fused-ring (bicyclic) bond motifs is 1. The molecular weight excluding hydrogens is 288 g/mol. The maximum atomic E-state index is 11.6. The van der Waals surface area contributed by atoms with Gasteiger partial charge in [-0.2, -0.15) is 0 Å². The molecule has 1 aliphatic heterocycles. The third-order valence-corrected chi connectivity index (χ3v) is 4.78. The standard InChI is InChI=1S/C19H28N2O2/c1-4-23-17(22)10-20-16-7-5-6-15-12-21(11-14-8-9-14)13-19(2,3)18(15)16/h5-7,14,20H,4,8-13H2,1-3H3. The number of benzene rings is 1. The second-order valence-corrected chi connectivity index (χ2v) is 7.50. The molecule has 23 heavy (non-hydrogen) atoms. The second kappa shape index (κ2) is 6.52. The number of carbonyl (C=O) groups is 1. The van der Waals surface area contributed by atoms with Crippen LogP contribution in [0.2, 0.25) is 0 Å². The van der Waals surface area contributed by atoms with Crippen molar-refractivity contribution in [1.82, 2.24) is 4.90 Å². The highest BCUT2D eigenvalue weighted by atomic mass is 16.5. The molecule has 1 heterocycles. The van der Waals surface area contributed by atoms with E-state index in [1.54, 1.807) is 0 Å². The van der Waals surface area contributed by atoms with Crippen LogP contribution in [-0.2, 0) is 21.5 Å². The molecule has 0 amide bonds. The van der Waals surface area contributed by atoms with Gasteiger partial charge in [0.2, 0.25) is 0 Å². The van der Waals surface area contributed by atoms with Crippen molar-refractivity contribution in [1.29, 1.82) is 0 Å². The minimum atomic E-state index is -0.200. The van der Waals surface area contributed by atoms with Gasteiger partial charge >= 0.3 is 5.97 Å². The van der Waals surface area contributed by atoms with Gasteiger partial charge in [0.25, 0.3) is 0 Å². The minimum Gasteiger partial charge on any atom is -0.465 e. The van der Waals surface area contributed by atoms with Crippen LogP contribution < -0.4 is 5.32 Å². The van der Waals surface area contributed by atoms with E-state index in [2.05, 4.69) is 42.3 Å². The van der Waals surface area contributed by atoms with E-state index < -0.39 is 0 Å². The van der Waals surface area contributed by atoms with Crippen LogP contribution in [0, 0.1) is 5.92 Å². The van der Waals surface area contributed by atoms with Crippen molar-refractivity contribution >= 4 is 11.7 Å². The van der Waals surface area contributed by atoms with Gasteiger partial charge in [0.1, 0.15) is 6.54 Å². The normalized spacial score (nSPS) is 20.0. The lowest BCUT2D eigenvalue weighted by atomic mass is 9.77. The number of hydrogen-bond acceptors (Lipinski definition) is 4. The lowest BCUT2D eigenvalue weighted by Gasteiger charge is -2.41.